The zero-order chi connectivity index (χ0) is 17.0. The fraction of sp³-hybridized carbons (Fsp3) is 0.500. The van der Waals surface area contributed by atoms with Gasteiger partial charge >= 0.3 is 0 Å². The van der Waals surface area contributed by atoms with E-state index in [9.17, 15) is 9.59 Å². The van der Waals surface area contributed by atoms with Gasteiger partial charge in [-0.25, -0.2) is 0 Å². The van der Waals surface area contributed by atoms with E-state index in [1.165, 1.54) is 19.2 Å². The Morgan fingerprint density at radius 2 is 2.13 bits per heavy atom. The zero-order valence-corrected chi connectivity index (χ0v) is 14.0. The van der Waals surface area contributed by atoms with Gasteiger partial charge in [0.15, 0.2) is 18.1 Å². The van der Waals surface area contributed by atoms with Crippen LogP contribution in [-0.4, -0.2) is 31.6 Å². The lowest BCUT2D eigenvalue weighted by atomic mass is 10.1. The molecule has 0 radical (unpaired) electrons. The molecule has 7 heteroatoms. The smallest absolute Gasteiger partial charge is 0.255 e. The number of hydrogen-bond acceptors (Lipinski definition) is 4. The quantitative estimate of drug-likeness (QED) is 0.830. The van der Waals surface area contributed by atoms with E-state index in [0.717, 1.165) is 19.3 Å². The molecule has 0 bridgehead atoms. The first kappa shape index (κ1) is 17.4. The van der Waals surface area contributed by atoms with Crippen LogP contribution in [0.5, 0.6) is 11.5 Å². The van der Waals surface area contributed by atoms with E-state index in [0.29, 0.717) is 11.5 Å². The van der Waals surface area contributed by atoms with Gasteiger partial charge in [0.25, 0.3) is 11.8 Å². The van der Waals surface area contributed by atoms with Crippen molar-refractivity contribution in [1.29, 1.82) is 0 Å². The number of benzene rings is 1. The molecule has 1 aliphatic rings. The summed E-state index contributed by atoms with van der Waals surface area (Å²) in [6.07, 6.45) is 3.22. The van der Waals surface area contributed by atoms with E-state index in [4.69, 9.17) is 26.8 Å². The third-order valence-corrected chi connectivity index (χ3v) is 4.31. The van der Waals surface area contributed by atoms with Crippen LogP contribution in [-0.2, 0) is 4.79 Å². The summed E-state index contributed by atoms with van der Waals surface area (Å²) < 4.78 is 10.4. The highest BCUT2D eigenvalue weighted by Gasteiger charge is 2.26. The first-order chi connectivity index (χ1) is 10.9. The molecule has 1 saturated carbocycles. The van der Waals surface area contributed by atoms with E-state index < -0.39 is 5.91 Å². The van der Waals surface area contributed by atoms with Crippen LogP contribution in [0.25, 0.3) is 0 Å². The molecule has 2 atom stereocenters. The number of rotatable bonds is 6. The number of carbonyl (C=O) groups is 2. The summed E-state index contributed by atoms with van der Waals surface area (Å²) in [4.78, 5) is 23.2. The molecule has 126 valence electrons. The Kier molecular flexibility index (Phi) is 5.71. The monoisotopic (exact) mass is 340 g/mol. The van der Waals surface area contributed by atoms with Crippen LogP contribution in [0.3, 0.4) is 0 Å². The number of methoxy groups -OCH3 is 1. The molecule has 0 saturated heterocycles. The second-order valence-corrected chi connectivity index (χ2v) is 6.14. The Balaban J connectivity index is 2.17. The number of hydrogen-bond donors (Lipinski definition) is 2. The van der Waals surface area contributed by atoms with Crippen molar-refractivity contribution in [3.8, 4) is 11.5 Å². The van der Waals surface area contributed by atoms with Crippen molar-refractivity contribution in [3.05, 3.63) is 22.7 Å². The Morgan fingerprint density at radius 1 is 1.39 bits per heavy atom. The number of nitrogens with two attached hydrogens (primary N) is 1. The number of nitrogens with one attached hydrogen (secondary N) is 1. The normalized spacial score (nSPS) is 20.1. The van der Waals surface area contributed by atoms with Crippen LogP contribution in [0.2, 0.25) is 5.02 Å². The summed E-state index contributed by atoms with van der Waals surface area (Å²) >= 11 is 6.15. The second-order valence-electron chi connectivity index (χ2n) is 5.73. The van der Waals surface area contributed by atoms with E-state index in [-0.39, 0.29) is 35.1 Å². The molecular formula is C16H21ClN2O4. The average molecular weight is 341 g/mol. The molecule has 0 aromatic heterocycles. The standard InChI is InChI=1S/C16H21ClN2O4/c1-9-4-3-5-12(9)19-16(21)10-6-11(17)15(13(7-10)22-2)23-8-14(18)20/h6-7,9,12H,3-5,8H2,1-2H3,(H2,18,20)(H,19,21). The lowest BCUT2D eigenvalue weighted by molar-refractivity contribution is -0.119. The summed E-state index contributed by atoms with van der Waals surface area (Å²) in [5.41, 5.74) is 5.44. The summed E-state index contributed by atoms with van der Waals surface area (Å²) in [6, 6.07) is 3.21. The summed E-state index contributed by atoms with van der Waals surface area (Å²) in [5, 5.41) is 3.22. The fourth-order valence-corrected chi connectivity index (χ4v) is 3.01. The number of halogens is 1. The van der Waals surface area contributed by atoms with Crippen molar-refractivity contribution in [2.45, 2.75) is 32.2 Å². The van der Waals surface area contributed by atoms with Crippen LogP contribution >= 0.6 is 11.6 Å². The Morgan fingerprint density at radius 3 is 2.70 bits per heavy atom. The number of ether oxygens (including phenoxy) is 2. The van der Waals surface area contributed by atoms with Gasteiger partial charge in [-0.2, -0.15) is 0 Å². The highest BCUT2D eigenvalue weighted by Crippen LogP contribution is 2.36. The van der Waals surface area contributed by atoms with Gasteiger partial charge in [0.1, 0.15) is 0 Å². The van der Waals surface area contributed by atoms with Crippen molar-refractivity contribution in [1.82, 2.24) is 5.32 Å². The van der Waals surface area contributed by atoms with Crippen molar-refractivity contribution in [3.63, 3.8) is 0 Å². The van der Waals surface area contributed by atoms with Crippen LogP contribution in [0.15, 0.2) is 12.1 Å². The molecule has 3 N–H and O–H groups in total. The highest BCUT2D eigenvalue weighted by molar-refractivity contribution is 6.32. The minimum absolute atomic E-state index is 0.179. The molecule has 0 aliphatic heterocycles. The zero-order valence-electron chi connectivity index (χ0n) is 13.2. The third kappa shape index (κ3) is 4.28. The van der Waals surface area contributed by atoms with Gasteiger partial charge in [-0.15, -0.1) is 0 Å². The molecule has 1 aromatic carbocycles. The topological polar surface area (TPSA) is 90.7 Å². The van der Waals surface area contributed by atoms with Crippen molar-refractivity contribution in [2.75, 3.05) is 13.7 Å². The lowest BCUT2D eigenvalue weighted by Crippen LogP contribution is -2.36. The first-order valence-electron chi connectivity index (χ1n) is 7.52. The van der Waals surface area contributed by atoms with Crippen molar-refractivity contribution >= 4 is 23.4 Å². The first-order valence-corrected chi connectivity index (χ1v) is 7.89. The molecule has 1 fully saturated rings. The van der Waals surface area contributed by atoms with Gasteiger partial charge in [-0.3, -0.25) is 9.59 Å². The third-order valence-electron chi connectivity index (χ3n) is 4.03. The molecule has 6 nitrogen and oxygen atoms in total. The number of amides is 2. The van der Waals surface area contributed by atoms with Gasteiger partial charge in [0.2, 0.25) is 0 Å². The summed E-state index contributed by atoms with van der Waals surface area (Å²) in [7, 11) is 1.43. The van der Waals surface area contributed by atoms with Crippen molar-refractivity contribution < 1.29 is 19.1 Å². The molecule has 1 aliphatic carbocycles. The van der Waals surface area contributed by atoms with E-state index in [1.807, 2.05) is 0 Å². The number of carbonyl (C=O) groups excluding carboxylic acids is 2. The van der Waals surface area contributed by atoms with Gasteiger partial charge < -0.3 is 20.5 Å². The predicted molar refractivity (Wildman–Crippen MR) is 87.0 cm³/mol. The Labute approximate surface area is 140 Å². The lowest BCUT2D eigenvalue weighted by Gasteiger charge is -2.18. The van der Waals surface area contributed by atoms with Gasteiger partial charge in [-0.05, 0) is 30.9 Å². The maximum Gasteiger partial charge on any atom is 0.255 e. The van der Waals surface area contributed by atoms with Crippen LogP contribution < -0.4 is 20.5 Å². The number of primary amides is 1. The molecule has 0 heterocycles. The molecule has 2 amide bonds. The average Bonchev–Trinajstić information content (AvgIpc) is 2.90. The van der Waals surface area contributed by atoms with Gasteiger partial charge in [0, 0.05) is 11.6 Å². The van der Waals surface area contributed by atoms with Crippen LogP contribution in [0.1, 0.15) is 36.5 Å². The second kappa shape index (κ2) is 7.55. The molecule has 23 heavy (non-hydrogen) atoms. The summed E-state index contributed by atoms with van der Waals surface area (Å²) in [5.74, 6) is 0.113. The van der Waals surface area contributed by atoms with Crippen molar-refractivity contribution in [2.24, 2.45) is 11.7 Å². The maximum absolute atomic E-state index is 12.4. The maximum atomic E-state index is 12.4. The van der Waals surface area contributed by atoms with Crippen LogP contribution in [0.4, 0.5) is 0 Å². The largest absolute Gasteiger partial charge is 0.493 e. The van der Waals surface area contributed by atoms with E-state index in [2.05, 4.69) is 12.2 Å². The SMILES string of the molecule is COc1cc(C(=O)NC2CCCC2C)cc(Cl)c1OCC(N)=O. The Bertz CT molecular complexity index is 606. The molecular weight excluding hydrogens is 320 g/mol. The van der Waals surface area contributed by atoms with Gasteiger partial charge in [-0.1, -0.05) is 24.9 Å². The highest BCUT2D eigenvalue weighted by atomic mass is 35.5. The van der Waals surface area contributed by atoms with E-state index in [1.54, 1.807) is 0 Å². The molecule has 2 rings (SSSR count). The summed E-state index contributed by atoms with van der Waals surface area (Å²) in [6.45, 7) is 1.81. The fourth-order valence-electron chi connectivity index (χ4n) is 2.75. The van der Waals surface area contributed by atoms with E-state index >= 15 is 0 Å². The molecule has 2 unspecified atom stereocenters. The van der Waals surface area contributed by atoms with Gasteiger partial charge in [0.05, 0.1) is 12.1 Å². The molecule has 0 spiro atoms. The minimum atomic E-state index is -0.625. The van der Waals surface area contributed by atoms with Crippen LogP contribution in [0, 0.1) is 5.92 Å². The Hall–Kier alpha value is -1.95. The molecule has 1 aromatic rings. The minimum Gasteiger partial charge on any atom is -0.493 e. The predicted octanol–water partition coefficient (Wildman–Crippen LogP) is 2.13.